The average Bonchev–Trinajstić information content (AvgIpc) is 3.29. The summed E-state index contributed by atoms with van der Waals surface area (Å²) in [4.78, 5) is 35.4. The summed E-state index contributed by atoms with van der Waals surface area (Å²) < 4.78 is 68.3. The average molecular weight is 595 g/mol. The largest absolute Gasteiger partial charge is 0.416 e. The highest BCUT2D eigenvalue weighted by molar-refractivity contribution is 6.31. The van der Waals surface area contributed by atoms with Crippen molar-refractivity contribution in [2.45, 2.75) is 12.2 Å². The second kappa shape index (κ2) is 10.2. The van der Waals surface area contributed by atoms with E-state index >= 15 is 0 Å². The Balaban J connectivity index is 1.51. The third-order valence-electron chi connectivity index (χ3n) is 6.74. The molecule has 6 rings (SSSR count). The fraction of sp³-hybridized carbons (Fsp3) is 0.0667. The molecule has 0 fully saturated rings. The first-order chi connectivity index (χ1) is 20.0. The fourth-order valence-electron chi connectivity index (χ4n) is 4.83. The molecule has 5 aromatic rings. The zero-order chi connectivity index (χ0) is 29.8. The van der Waals surface area contributed by atoms with Gasteiger partial charge in [-0.05, 0) is 60.7 Å². The van der Waals surface area contributed by atoms with Gasteiger partial charge in [-0.2, -0.15) is 13.2 Å². The van der Waals surface area contributed by atoms with Gasteiger partial charge in [0.1, 0.15) is 11.6 Å². The molecule has 2 N–H and O–H groups in total. The highest BCUT2D eigenvalue weighted by Gasteiger charge is 2.36. The van der Waals surface area contributed by atoms with Crippen molar-refractivity contribution in [1.82, 2.24) is 15.3 Å². The number of anilines is 1. The van der Waals surface area contributed by atoms with E-state index in [4.69, 9.17) is 11.6 Å². The van der Waals surface area contributed by atoms with Gasteiger partial charge in [-0.25, -0.2) is 13.8 Å². The van der Waals surface area contributed by atoms with Crippen molar-refractivity contribution in [1.29, 1.82) is 0 Å². The maximum absolute atomic E-state index is 14.2. The quantitative estimate of drug-likeness (QED) is 0.213. The van der Waals surface area contributed by atoms with Gasteiger partial charge >= 0.3 is 6.18 Å². The smallest absolute Gasteiger partial charge is 0.341 e. The maximum atomic E-state index is 14.2. The van der Waals surface area contributed by atoms with Crippen molar-refractivity contribution in [2.75, 3.05) is 5.32 Å². The number of rotatable bonds is 4. The molecular formula is C30H16ClF5N4O2. The SMILES string of the molecule is O=C(Nc1cc(-c2cnc3ccccc3n2)cc2c1C(c1cc(F)ccc1Cl)NC2=O)c1cc(F)cc(C(F)(F)F)c1. The zero-order valence-corrected chi connectivity index (χ0v) is 21.8. The number of benzene rings is 4. The van der Waals surface area contributed by atoms with Crippen LogP contribution in [0.1, 0.15) is 43.4 Å². The topological polar surface area (TPSA) is 84.0 Å². The molecule has 42 heavy (non-hydrogen) atoms. The molecular weight excluding hydrogens is 579 g/mol. The van der Waals surface area contributed by atoms with Crippen LogP contribution in [0, 0.1) is 11.6 Å². The van der Waals surface area contributed by atoms with Crippen molar-refractivity contribution >= 4 is 40.1 Å². The van der Waals surface area contributed by atoms with Crippen LogP contribution in [0.3, 0.4) is 0 Å². The van der Waals surface area contributed by atoms with Crippen molar-refractivity contribution in [3.8, 4) is 11.3 Å². The van der Waals surface area contributed by atoms with Crippen molar-refractivity contribution in [2.24, 2.45) is 0 Å². The van der Waals surface area contributed by atoms with Crippen molar-refractivity contribution in [3.05, 3.63) is 123 Å². The number of para-hydroxylation sites is 2. The van der Waals surface area contributed by atoms with E-state index in [2.05, 4.69) is 20.6 Å². The standard InChI is InChI=1S/C30H16ClF5N4O2/c31-21-6-5-17(32)12-19(21)27-26-20(29(42)40-27)9-14(25-13-37-22-3-1-2-4-23(22)38-25)10-24(26)39-28(41)15-7-16(30(34,35)36)11-18(33)8-15/h1-13,27H,(H,39,41)(H,40,42). The van der Waals surface area contributed by atoms with Gasteiger partial charge in [0.25, 0.3) is 11.8 Å². The third-order valence-corrected chi connectivity index (χ3v) is 7.08. The molecule has 1 aliphatic rings. The molecule has 2 heterocycles. The van der Waals surface area contributed by atoms with Gasteiger partial charge in [-0.15, -0.1) is 0 Å². The van der Waals surface area contributed by atoms with Crippen LogP contribution in [0.2, 0.25) is 5.02 Å². The number of hydrogen-bond donors (Lipinski definition) is 2. The molecule has 6 nitrogen and oxygen atoms in total. The highest BCUT2D eigenvalue weighted by atomic mass is 35.5. The number of amides is 2. The highest BCUT2D eigenvalue weighted by Crippen LogP contribution is 2.42. The Morgan fingerprint density at radius 2 is 1.69 bits per heavy atom. The second-order valence-electron chi connectivity index (χ2n) is 9.48. The molecule has 210 valence electrons. The van der Waals surface area contributed by atoms with Crippen LogP contribution in [-0.2, 0) is 6.18 Å². The maximum Gasteiger partial charge on any atom is 0.416 e. The van der Waals surface area contributed by atoms with Crippen LogP contribution in [0.4, 0.5) is 27.6 Å². The van der Waals surface area contributed by atoms with Crippen molar-refractivity contribution < 1.29 is 31.5 Å². The molecule has 1 aliphatic heterocycles. The lowest BCUT2D eigenvalue weighted by Crippen LogP contribution is -2.21. The molecule has 2 amide bonds. The molecule has 0 saturated heterocycles. The molecule has 0 spiro atoms. The third kappa shape index (κ3) is 5.03. The molecule has 0 radical (unpaired) electrons. The first-order valence-corrected chi connectivity index (χ1v) is 12.7. The van der Waals surface area contributed by atoms with Gasteiger partial charge in [0.15, 0.2) is 0 Å². The number of alkyl halides is 3. The van der Waals surface area contributed by atoms with E-state index in [0.29, 0.717) is 34.4 Å². The number of nitrogens with zero attached hydrogens (tertiary/aromatic N) is 2. The van der Waals surface area contributed by atoms with Crippen LogP contribution in [0.15, 0.2) is 79.0 Å². The van der Waals surface area contributed by atoms with Crippen LogP contribution >= 0.6 is 11.6 Å². The number of hydrogen-bond acceptors (Lipinski definition) is 4. The van der Waals surface area contributed by atoms with Gasteiger partial charge in [0.2, 0.25) is 0 Å². The number of carbonyl (C=O) groups is 2. The molecule has 0 aliphatic carbocycles. The number of fused-ring (bicyclic) bond motifs is 2. The number of carbonyl (C=O) groups excluding carboxylic acids is 2. The minimum atomic E-state index is -4.90. The van der Waals surface area contributed by atoms with Gasteiger partial charge in [0.05, 0.1) is 34.5 Å². The molecule has 1 atom stereocenters. The Kier molecular flexibility index (Phi) is 6.61. The van der Waals surface area contributed by atoms with E-state index in [9.17, 15) is 31.5 Å². The van der Waals surface area contributed by atoms with E-state index in [1.165, 1.54) is 24.4 Å². The predicted molar refractivity (Wildman–Crippen MR) is 145 cm³/mol. The summed E-state index contributed by atoms with van der Waals surface area (Å²) in [5.41, 5.74) is 0.325. The van der Waals surface area contributed by atoms with Crippen LogP contribution in [0.25, 0.3) is 22.3 Å². The molecule has 12 heteroatoms. The second-order valence-corrected chi connectivity index (χ2v) is 9.89. The monoisotopic (exact) mass is 594 g/mol. The molecule has 4 aromatic carbocycles. The molecule has 0 bridgehead atoms. The first-order valence-electron chi connectivity index (χ1n) is 12.3. The van der Waals surface area contributed by atoms with Gasteiger partial charge in [0, 0.05) is 38.5 Å². The van der Waals surface area contributed by atoms with Crippen LogP contribution in [0.5, 0.6) is 0 Å². The van der Waals surface area contributed by atoms with E-state index in [-0.39, 0.29) is 33.5 Å². The van der Waals surface area contributed by atoms with E-state index in [1.807, 2.05) is 0 Å². The normalized spacial score (nSPS) is 14.5. The number of aromatic nitrogens is 2. The Bertz CT molecular complexity index is 1930. The minimum Gasteiger partial charge on any atom is -0.341 e. The Labute approximate surface area is 239 Å². The summed E-state index contributed by atoms with van der Waals surface area (Å²) in [6.45, 7) is 0. The summed E-state index contributed by atoms with van der Waals surface area (Å²) in [7, 11) is 0. The summed E-state index contributed by atoms with van der Waals surface area (Å²) >= 11 is 6.33. The Morgan fingerprint density at radius 1 is 0.929 bits per heavy atom. The molecule has 1 aromatic heterocycles. The van der Waals surface area contributed by atoms with Crippen molar-refractivity contribution in [3.63, 3.8) is 0 Å². The molecule has 1 unspecified atom stereocenters. The summed E-state index contributed by atoms with van der Waals surface area (Å²) in [5, 5.41) is 5.35. The van der Waals surface area contributed by atoms with Gasteiger partial charge < -0.3 is 10.6 Å². The lowest BCUT2D eigenvalue weighted by atomic mass is 9.93. The summed E-state index contributed by atoms with van der Waals surface area (Å²) in [5.74, 6) is -3.55. The predicted octanol–water partition coefficient (Wildman–Crippen LogP) is 7.33. The first kappa shape index (κ1) is 27.3. The Morgan fingerprint density at radius 3 is 2.45 bits per heavy atom. The molecule has 0 saturated carbocycles. The van der Waals surface area contributed by atoms with E-state index in [1.54, 1.807) is 24.3 Å². The van der Waals surface area contributed by atoms with Crippen LogP contribution in [-0.4, -0.2) is 21.8 Å². The number of nitrogens with one attached hydrogen (secondary N) is 2. The van der Waals surface area contributed by atoms with Crippen LogP contribution < -0.4 is 10.6 Å². The van der Waals surface area contributed by atoms with Gasteiger partial charge in [-0.3, -0.25) is 14.6 Å². The van der Waals surface area contributed by atoms with E-state index in [0.717, 1.165) is 12.1 Å². The summed E-state index contributed by atoms with van der Waals surface area (Å²) in [6.07, 6.45) is -3.44. The number of halogens is 6. The lowest BCUT2D eigenvalue weighted by molar-refractivity contribution is -0.137. The Hall–Kier alpha value is -4.90. The lowest BCUT2D eigenvalue weighted by Gasteiger charge is -2.19. The van der Waals surface area contributed by atoms with E-state index < -0.39 is 46.8 Å². The minimum absolute atomic E-state index is 0.0102. The summed E-state index contributed by atoms with van der Waals surface area (Å²) in [6, 6.07) is 14.0. The van der Waals surface area contributed by atoms with Gasteiger partial charge in [-0.1, -0.05) is 23.7 Å². The fourth-order valence-corrected chi connectivity index (χ4v) is 5.06. The zero-order valence-electron chi connectivity index (χ0n) is 21.1.